The predicted octanol–water partition coefficient (Wildman–Crippen LogP) is 3.11. The molecule has 2 N–H and O–H groups in total. The number of nitrogens with one attached hydrogen (secondary N) is 1. The van der Waals surface area contributed by atoms with Crippen molar-refractivity contribution in [2.75, 3.05) is 6.54 Å². The number of fused-ring (bicyclic) bond motifs is 1. The maximum Gasteiger partial charge on any atom is 0.322 e. The third-order valence-electron chi connectivity index (χ3n) is 5.47. The number of carboxylic acid groups (broad SMARTS) is 1. The number of benzene rings is 2. The van der Waals surface area contributed by atoms with Crippen LogP contribution in [0, 0.1) is 0 Å². The van der Waals surface area contributed by atoms with Crippen LogP contribution in [0.1, 0.15) is 48.5 Å². The summed E-state index contributed by atoms with van der Waals surface area (Å²) >= 11 is 0. The summed E-state index contributed by atoms with van der Waals surface area (Å²) in [6, 6.07) is 14.7. The zero-order chi connectivity index (χ0) is 20.4. The van der Waals surface area contributed by atoms with Crippen LogP contribution in [0.3, 0.4) is 0 Å². The highest BCUT2D eigenvalue weighted by Crippen LogP contribution is 2.31. The Morgan fingerprint density at radius 1 is 1.03 bits per heavy atom. The summed E-state index contributed by atoms with van der Waals surface area (Å²) in [4.78, 5) is 36.3. The van der Waals surface area contributed by atoms with Crippen molar-refractivity contribution in [3.63, 3.8) is 0 Å². The van der Waals surface area contributed by atoms with Crippen LogP contribution in [0.4, 0.5) is 0 Å². The number of amides is 1. The molecular formula is C22H23N3O4. The molecule has 7 heteroatoms. The van der Waals surface area contributed by atoms with E-state index in [2.05, 4.69) is 10.00 Å². The van der Waals surface area contributed by atoms with Crippen LogP contribution in [0.5, 0.6) is 0 Å². The standard InChI is InChI=1S/C22H23N3O4/c26-20(27)14-23-21(28)15-11-12-19-18(13-15)22(29)25(17-9-5-2-6-10-17)24(19)16-7-3-1-4-8-16/h2,5-6,9-13,16H,1,3-4,7-8,14H2,(H,23,28)(H,26,27). The molecule has 1 amide bonds. The van der Waals surface area contributed by atoms with Gasteiger partial charge in [0, 0.05) is 5.56 Å². The molecular weight excluding hydrogens is 370 g/mol. The Labute approximate surface area is 167 Å². The second kappa shape index (κ2) is 7.95. The Balaban J connectivity index is 1.86. The third-order valence-corrected chi connectivity index (χ3v) is 5.47. The first-order valence-corrected chi connectivity index (χ1v) is 9.89. The minimum absolute atomic E-state index is 0.176. The summed E-state index contributed by atoms with van der Waals surface area (Å²) in [5.74, 6) is -1.63. The molecule has 3 aromatic rings. The van der Waals surface area contributed by atoms with Crippen molar-refractivity contribution in [2.45, 2.75) is 38.1 Å². The number of aliphatic carboxylic acids is 1. The topological polar surface area (TPSA) is 93.3 Å². The van der Waals surface area contributed by atoms with Crippen molar-refractivity contribution in [1.82, 2.24) is 14.7 Å². The van der Waals surface area contributed by atoms with Gasteiger partial charge in [0.2, 0.25) is 0 Å². The molecule has 1 aromatic heterocycles. The van der Waals surface area contributed by atoms with Gasteiger partial charge in [0.1, 0.15) is 6.54 Å². The van der Waals surface area contributed by atoms with Crippen molar-refractivity contribution in [3.05, 3.63) is 64.4 Å². The lowest BCUT2D eigenvalue weighted by molar-refractivity contribution is -0.135. The van der Waals surface area contributed by atoms with E-state index in [0.717, 1.165) is 36.9 Å². The Morgan fingerprint density at radius 2 is 1.76 bits per heavy atom. The Bertz CT molecular complexity index is 1110. The Morgan fingerprint density at radius 3 is 2.45 bits per heavy atom. The number of rotatable bonds is 5. The first-order valence-electron chi connectivity index (χ1n) is 9.89. The molecule has 0 radical (unpaired) electrons. The molecule has 0 atom stereocenters. The van der Waals surface area contributed by atoms with Gasteiger partial charge in [0.25, 0.3) is 11.5 Å². The van der Waals surface area contributed by atoms with Gasteiger partial charge in [0.15, 0.2) is 0 Å². The van der Waals surface area contributed by atoms with E-state index in [1.165, 1.54) is 6.42 Å². The molecule has 7 nitrogen and oxygen atoms in total. The largest absolute Gasteiger partial charge is 0.480 e. The van der Waals surface area contributed by atoms with Crippen LogP contribution in [0.2, 0.25) is 0 Å². The van der Waals surface area contributed by atoms with Gasteiger partial charge in [-0.15, -0.1) is 0 Å². The zero-order valence-corrected chi connectivity index (χ0v) is 16.0. The zero-order valence-electron chi connectivity index (χ0n) is 16.0. The third kappa shape index (κ3) is 3.68. The fraction of sp³-hybridized carbons (Fsp3) is 0.318. The van der Waals surface area contributed by atoms with E-state index in [0.29, 0.717) is 5.39 Å². The van der Waals surface area contributed by atoms with E-state index in [1.807, 2.05) is 30.3 Å². The molecule has 4 rings (SSSR count). The van der Waals surface area contributed by atoms with Crippen molar-refractivity contribution in [2.24, 2.45) is 0 Å². The number of nitrogens with zero attached hydrogens (tertiary/aromatic N) is 2. The summed E-state index contributed by atoms with van der Waals surface area (Å²) in [6.07, 6.45) is 5.49. The smallest absolute Gasteiger partial charge is 0.322 e. The van der Waals surface area contributed by atoms with Crippen LogP contribution in [0.15, 0.2) is 53.3 Å². The SMILES string of the molecule is O=C(O)CNC(=O)c1ccc2c(c1)c(=O)n(-c1ccccc1)n2C1CCCCC1. The number of para-hydroxylation sites is 1. The van der Waals surface area contributed by atoms with Gasteiger partial charge in [-0.25, -0.2) is 4.68 Å². The summed E-state index contributed by atoms with van der Waals surface area (Å²) in [5, 5.41) is 11.6. The van der Waals surface area contributed by atoms with E-state index >= 15 is 0 Å². The van der Waals surface area contributed by atoms with Crippen LogP contribution >= 0.6 is 0 Å². The summed E-state index contributed by atoms with van der Waals surface area (Å²) < 4.78 is 3.78. The average molecular weight is 393 g/mol. The fourth-order valence-electron chi connectivity index (χ4n) is 4.12. The van der Waals surface area contributed by atoms with Crippen molar-refractivity contribution in [3.8, 4) is 5.69 Å². The van der Waals surface area contributed by atoms with Gasteiger partial charge in [0.05, 0.1) is 22.6 Å². The lowest BCUT2D eigenvalue weighted by atomic mass is 9.95. The number of carbonyl (C=O) groups excluding carboxylic acids is 1. The lowest BCUT2D eigenvalue weighted by Crippen LogP contribution is -2.29. The number of hydrogen-bond acceptors (Lipinski definition) is 3. The fourth-order valence-corrected chi connectivity index (χ4v) is 4.12. The van der Waals surface area contributed by atoms with Crippen molar-refractivity contribution in [1.29, 1.82) is 0 Å². The summed E-state index contributed by atoms with van der Waals surface area (Å²) in [7, 11) is 0. The molecule has 2 aromatic carbocycles. The van der Waals surface area contributed by atoms with E-state index in [4.69, 9.17) is 5.11 Å². The molecule has 1 aliphatic carbocycles. The van der Waals surface area contributed by atoms with Crippen LogP contribution in [0.25, 0.3) is 16.6 Å². The first kappa shape index (κ1) is 19.0. The Kier molecular flexibility index (Phi) is 5.20. The van der Waals surface area contributed by atoms with Crippen LogP contribution in [-0.2, 0) is 4.79 Å². The number of carbonyl (C=O) groups is 2. The Hall–Kier alpha value is -3.35. The highest BCUT2D eigenvalue weighted by molar-refractivity contribution is 5.99. The molecule has 0 spiro atoms. The number of aromatic nitrogens is 2. The van der Waals surface area contributed by atoms with Crippen molar-refractivity contribution >= 4 is 22.8 Å². The highest BCUT2D eigenvalue weighted by Gasteiger charge is 2.24. The second-order valence-electron chi connectivity index (χ2n) is 7.40. The minimum Gasteiger partial charge on any atom is -0.480 e. The van der Waals surface area contributed by atoms with Gasteiger partial charge in [-0.2, -0.15) is 0 Å². The van der Waals surface area contributed by atoms with Gasteiger partial charge in [-0.1, -0.05) is 37.5 Å². The number of carboxylic acids is 1. The van der Waals surface area contributed by atoms with E-state index in [1.54, 1.807) is 22.9 Å². The molecule has 0 aliphatic heterocycles. The highest BCUT2D eigenvalue weighted by atomic mass is 16.4. The molecule has 1 heterocycles. The lowest BCUT2D eigenvalue weighted by Gasteiger charge is -2.26. The quantitative estimate of drug-likeness (QED) is 0.697. The molecule has 0 saturated heterocycles. The summed E-state index contributed by atoms with van der Waals surface area (Å²) in [6.45, 7) is -0.464. The summed E-state index contributed by atoms with van der Waals surface area (Å²) in [5.41, 5.74) is 1.68. The minimum atomic E-state index is -1.12. The molecule has 0 unspecified atom stereocenters. The maximum absolute atomic E-state index is 13.3. The second-order valence-corrected chi connectivity index (χ2v) is 7.40. The molecule has 29 heavy (non-hydrogen) atoms. The van der Waals surface area contributed by atoms with Gasteiger partial charge >= 0.3 is 5.97 Å². The average Bonchev–Trinajstić information content (AvgIpc) is 3.05. The van der Waals surface area contributed by atoms with E-state index < -0.39 is 18.4 Å². The van der Waals surface area contributed by atoms with Gasteiger partial charge in [-0.05, 0) is 43.2 Å². The number of hydrogen-bond donors (Lipinski definition) is 2. The monoisotopic (exact) mass is 393 g/mol. The first-order chi connectivity index (χ1) is 14.1. The molecule has 150 valence electrons. The normalized spacial score (nSPS) is 14.8. The van der Waals surface area contributed by atoms with Crippen molar-refractivity contribution < 1.29 is 14.7 Å². The predicted molar refractivity (Wildman–Crippen MR) is 110 cm³/mol. The van der Waals surface area contributed by atoms with E-state index in [-0.39, 0.29) is 17.2 Å². The molecule has 0 bridgehead atoms. The van der Waals surface area contributed by atoms with Crippen LogP contribution in [-0.4, -0.2) is 32.9 Å². The van der Waals surface area contributed by atoms with Gasteiger partial charge in [-0.3, -0.25) is 19.1 Å². The molecule has 1 saturated carbocycles. The van der Waals surface area contributed by atoms with E-state index in [9.17, 15) is 14.4 Å². The molecule has 1 aliphatic rings. The maximum atomic E-state index is 13.3. The van der Waals surface area contributed by atoms with Gasteiger partial charge < -0.3 is 10.4 Å². The molecule has 1 fully saturated rings. The van der Waals surface area contributed by atoms with Crippen LogP contribution < -0.4 is 10.9 Å².